The van der Waals surface area contributed by atoms with Gasteiger partial charge in [-0.3, -0.25) is 9.59 Å². The van der Waals surface area contributed by atoms with Crippen LogP contribution >= 0.6 is 0 Å². The summed E-state index contributed by atoms with van der Waals surface area (Å²) in [6, 6.07) is 10.1. The van der Waals surface area contributed by atoms with Gasteiger partial charge in [0.15, 0.2) is 11.5 Å². The molecule has 0 aliphatic carbocycles. The largest absolute Gasteiger partial charge is 0.507 e. The third-order valence-corrected chi connectivity index (χ3v) is 6.97. The third kappa shape index (κ3) is 5.65. The molecule has 2 aliphatic rings. The molecule has 8 nitrogen and oxygen atoms in total. The van der Waals surface area contributed by atoms with E-state index in [2.05, 4.69) is 6.92 Å². The number of ether oxygens (including phenoxy) is 3. The summed E-state index contributed by atoms with van der Waals surface area (Å²) in [5.74, 6) is 0.398. The molecule has 2 aliphatic heterocycles. The number of nitrogens with zero attached hydrogens (tertiary/aromatic N) is 2. The zero-order valence-corrected chi connectivity index (χ0v) is 23.0. The van der Waals surface area contributed by atoms with Gasteiger partial charge in [-0.15, -0.1) is 0 Å². The molecule has 2 unspecified atom stereocenters. The molecule has 8 heteroatoms. The van der Waals surface area contributed by atoms with Gasteiger partial charge >= 0.3 is 0 Å². The van der Waals surface area contributed by atoms with Crippen molar-refractivity contribution in [3.8, 4) is 17.2 Å². The van der Waals surface area contributed by atoms with Crippen molar-refractivity contribution in [1.29, 1.82) is 0 Å². The molecular weight excluding hydrogens is 484 g/mol. The van der Waals surface area contributed by atoms with Crippen LogP contribution in [-0.2, 0) is 16.0 Å². The van der Waals surface area contributed by atoms with Crippen LogP contribution in [0.4, 0.5) is 0 Å². The Morgan fingerprint density at radius 3 is 2.63 bits per heavy atom. The maximum absolute atomic E-state index is 13.4. The van der Waals surface area contributed by atoms with Crippen LogP contribution in [0.25, 0.3) is 5.76 Å². The SMILES string of the molecule is CCCCOc1ccc(C2/C(=C(/O)c3ccc4c(c3)CC(C)O4)C(=O)C(=O)N2CCCN(C)C)cc1OC. The van der Waals surface area contributed by atoms with E-state index < -0.39 is 17.7 Å². The minimum atomic E-state index is -0.751. The van der Waals surface area contributed by atoms with Crippen LogP contribution in [0.5, 0.6) is 17.2 Å². The van der Waals surface area contributed by atoms with Crippen molar-refractivity contribution in [2.24, 2.45) is 0 Å². The van der Waals surface area contributed by atoms with Crippen LogP contribution in [-0.4, -0.2) is 73.6 Å². The highest BCUT2D eigenvalue weighted by molar-refractivity contribution is 6.46. The molecule has 204 valence electrons. The molecule has 0 bridgehead atoms. The van der Waals surface area contributed by atoms with Gasteiger partial charge in [0, 0.05) is 18.5 Å². The number of aliphatic hydroxyl groups excluding tert-OH is 1. The van der Waals surface area contributed by atoms with Crippen LogP contribution in [0.2, 0.25) is 0 Å². The summed E-state index contributed by atoms with van der Waals surface area (Å²) < 4.78 is 17.3. The van der Waals surface area contributed by atoms with E-state index in [9.17, 15) is 14.7 Å². The molecule has 0 spiro atoms. The monoisotopic (exact) mass is 522 g/mol. The Morgan fingerprint density at radius 2 is 1.92 bits per heavy atom. The molecule has 2 atom stereocenters. The number of likely N-dealkylation sites (tertiary alicyclic amines) is 1. The van der Waals surface area contributed by atoms with Gasteiger partial charge in [0.05, 0.1) is 25.3 Å². The highest BCUT2D eigenvalue weighted by Gasteiger charge is 2.46. The summed E-state index contributed by atoms with van der Waals surface area (Å²) in [4.78, 5) is 30.3. The molecule has 1 saturated heterocycles. The topological polar surface area (TPSA) is 88.5 Å². The number of aliphatic hydroxyl groups is 1. The number of Topliss-reactive ketones (excluding diaryl/α,β-unsaturated/α-hetero) is 1. The molecule has 38 heavy (non-hydrogen) atoms. The summed E-state index contributed by atoms with van der Waals surface area (Å²) in [6.45, 7) is 5.78. The number of hydrogen-bond acceptors (Lipinski definition) is 7. The maximum atomic E-state index is 13.4. The lowest BCUT2D eigenvalue weighted by Gasteiger charge is -2.26. The van der Waals surface area contributed by atoms with Crippen LogP contribution in [0.3, 0.4) is 0 Å². The highest BCUT2D eigenvalue weighted by atomic mass is 16.5. The molecule has 0 saturated carbocycles. The minimum Gasteiger partial charge on any atom is -0.507 e. The standard InChI is InChI=1S/C30H38N2O6/c1-6-7-15-37-24-12-9-20(18-25(24)36-5)27-26(29(34)30(35)32(27)14-8-13-31(3)4)28(33)21-10-11-23-22(17-21)16-19(2)38-23/h9-12,17-19,27,33H,6-8,13-16H2,1-5H3/b28-26-. The van der Waals surface area contributed by atoms with Crippen molar-refractivity contribution in [3.05, 3.63) is 58.7 Å². The molecule has 0 aromatic heterocycles. The predicted octanol–water partition coefficient (Wildman–Crippen LogP) is 4.57. The number of carbonyl (C=O) groups excluding carboxylic acids is 2. The van der Waals surface area contributed by atoms with E-state index in [1.165, 1.54) is 0 Å². The molecule has 1 N–H and O–H groups in total. The van der Waals surface area contributed by atoms with Gasteiger partial charge in [-0.2, -0.15) is 0 Å². The van der Waals surface area contributed by atoms with E-state index in [1.54, 1.807) is 30.2 Å². The second-order valence-corrected chi connectivity index (χ2v) is 10.2. The Hall–Kier alpha value is -3.52. The van der Waals surface area contributed by atoms with Crippen molar-refractivity contribution in [2.75, 3.05) is 40.9 Å². The fraction of sp³-hybridized carbons (Fsp3) is 0.467. The Balaban J connectivity index is 1.77. The number of unbranched alkanes of at least 4 members (excludes halogenated alkanes) is 1. The Labute approximate surface area is 224 Å². The molecular formula is C30H38N2O6. The number of ketones is 1. The molecule has 2 aromatic carbocycles. The molecule has 0 radical (unpaired) electrons. The van der Waals surface area contributed by atoms with Gasteiger partial charge < -0.3 is 29.1 Å². The Morgan fingerprint density at radius 1 is 1.13 bits per heavy atom. The predicted molar refractivity (Wildman–Crippen MR) is 146 cm³/mol. The van der Waals surface area contributed by atoms with Crippen molar-refractivity contribution in [1.82, 2.24) is 9.80 Å². The summed E-state index contributed by atoms with van der Waals surface area (Å²) >= 11 is 0. The van der Waals surface area contributed by atoms with E-state index in [4.69, 9.17) is 14.2 Å². The van der Waals surface area contributed by atoms with Crippen LogP contribution < -0.4 is 14.2 Å². The number of benzene rings is 2. The zero-order valence-electron chi connectivity index (χ0n) is 23.0. The first-order valence-electron chi connectivity index (χ1n) is 13.3. The lowest BCUT2D eigenvalue weighted by molar-refractivity contribution is -0.139. The average Bonchev–Trinajstić information content (AvgIpc) is 3.39. The smallest absolute Gasteiger partial charge is 0.295 e. The van der Waals surface area contributed by atoms with Crippen molar-refractivity contribution in [2.45, 2.75) is 51.7 Å². The summed E-state index contributed by atoms with van der Waals surface area (Å²) in [7, 11) is 5.49. The number of rotatable bonds is 11. The normalized spacial score (nSPS) is 20.1. The molecule has 1 amide bonds. The number of amides is 1. The minimum absolute atomic E-state index is 0.0511. The number of carbonyl (C=O) groups is 2. The molecule has 4 rings (SSSR count). The first kappa shape index (κ1) is 27.5. The Bertz CT molecular complexity index is 1220. The first-order chi connectivity index (χ1) is 18.2. The second kappa shape index (κ2) is 11.9. The van der Waals surface area contributed by atoms with Gasteiger partial charge in [-0.1, -0.05) is 19.4 Å². The van der Waals surface area contributed by atoms with E-state index in [-0.39, 0.29) is 17.4 Å². The van der Waals surface area contributed by atoms with Crippen LogP contribution in [0.1, 0.15) is 55.8 Å². The van der Waals surface area contributed by atoms with Gasteiger partial charge in [0.1, 0.15) is 17.6 Å². The van der Waals surface area contributed by atoms with E-state index >= 15 is 0 Å². The number of methoxy groups -OCH3 is 1. The van der Waals surface area contributed by atoms with Gasteiger partial charge in [-0.25, -0.2) is 0 Å². The second-order valence-electron chi connectivity index (χ2n) is 10.2. The third-order valence-electron chi connectivity index (χ3n) is 6.97. The zero-order chi connectivity index (χ0) is 27.4. The van der Waals surface area contributed by atoms with Gasteiger partial charge in [0.25, 0.3) is 11.7 Å². The lowest BCUT2D eigenvalue weighted by atomic mass is 9.94. The van der Waals surface area contributed by atoms with E-state index in [0.717, 1.165) is 37.1 Å². The van der Waals surface area contributed by atoms with Gasteiger partial charge in [-0.05, 0) is 81.9 Å². The molecule has 2 aromatic rings. The number of hydrogen-bond donors (Lipinski definition) is 1. The molecule has 2 heterocycles. The summed E-state index contributed by atoms with van der Waals surface area (Å²) in [6.07, 6.45) is 3.38. The quantitative estimate of drug-likeness (QED) is 0.200. The summed E-state index contributed by atoms with van der Waals surface area (Å²) in [5.41, 5.74) is 2.21. The van der Waals surface area contributed by atoms with E-state index in [0.29, 0.717) is 42.2 Å². The lowest BCUT2D eigenvalue weighted by Crippen LogP contribution is -2.32. The average molecular weight is 523 g/mol. The number of fused-ring (bicyclic) bond motifs is 1. The Kier molecular flexibility index (Phi) is 8.62. The van der Waals surface area contributed by atoms with Gasteiger partial charge in [0.2, 0.25) is 0 Å². The highest BCUT2D eigenvalue weighted by Crippen LogP contribution is 2.43. The van der Waals surface area contributed by atoms with Crippen LogP contribution in [0, 0.1) is 0 Å². The fourth-order valence-corrected chi connectivity index (χ4v) is 5.04. The van der Waals surface area contributed by atoms with Crippen molar-refractivity contribution in [3.63, 3.8) is 0 Å². The van der Waals surface area contributed by atoms with Crippen molar-refractivity contribution >= 4 is 17.4 Å². The summed E-state index contributed by atoms with van der Waals surface area (Å²) in [5, 5.41) is 11.5. The molecule has 1 fully saturated rings. The maximum Gasteiger partial charge on any atom is 0.295 e. The van der Waals surface area contributed by atoms with Crippen molar-refractivity contribution < 1.29 is 28.9 Å². The van der Waals surface area contributed by atoms with E-state index in [1.807, 2.05) is 44.1 Å². The fourth-order valence-electron chi connectivity index (χ4n) is 5.04. The first-order valence-corrected chi connectivity index (χ1v) is 13.3. The van der Waals surface area contributed by atoms with Crippen LogP contribution in [0.15, 0.2) is 42.0 Å².